The first-order valence-electron chi connectivity index (χ1n) is 16.1. The van der Waals surface area contributed by atoms with Gasteiger partial charge < -0.3 is 39.7 Å². The fourth-order valence-corrected chi connectivity index (χ4v) is 6.89. The number of carbonyl (C=O) groups is 1. The minimum absolute atomic E-state index is 0.123. The van der Waals surface area contributed by atoms with Crippen molar-refractivity contribution in [1.82, 2.24) is 19.9 Å². The maximum absolute atomic E-state index is 12.8. The summed E-state index contributed by atoms with van der Waals surface area (Å²) in [5, 5.41) is 5.82. The molecule has 4 atom stereocenters. The van der Waals surface area contributed by atoms with E-state index in [0.29, 0.717) is 29.3 Å². The Bertz CT molecular complexity index is 1450. The molecule has 12 nitrogen and oxygen atoms in total. The van der Waals surface area contributed by atoms with Crippen molar-refractivity contribution in [2.45, 2.75) is 51.0 Å². The van der Waals surface area contributed by atoms with Crippen molar-refractivity contribution < 1.29 is 14.3 Å². The standard InChI is InChI=1S/C33H43N9O3/c1-22-18-41(19-23(2)45-22)30-16-31(42-27-9-10-28(42)21-44-20-27)38-32(37-30)24-4-6-25(7-5-24)35-33(43)36-26-8-11-29(34-17-26)40-14-12-39(3)13-15-40/h4-8,11,16-17,22-23,27-28H,9-10,12-15,18-21H2,1-3H3,(H2,35,36,43). The number of ether oxygens (including phenoxy) is 2. The van der Waals surface area contributed by atoms with Crippen LogP contribution >= 0.6 is 0 Å². The Hall–Kier alpha value is -4.00. The number of pyridine rings is 1. The number of nitrogens with one attached hydrogen (secondary N) is 2. The van der Waals surface area contributed by atoms with E-state index in [9.17, 15) is 4.79 Å². The Morgan fingerprint density at radius 1 is 0.800 bits per heavy atom. The lowest BCUT2D eigenvalue weighted by molar-refractivity contribution is -0.00546. The van der Waals surface area contributed by atoms with E-state index in [-0.39, 0.29) is 18.2 Å². The van der Waals surface area contributed by atoms with Crippen LogP contribution in [0.15, 0.2) is 48.7 Å². The molecule has 2 N–H and O–H groups in total. The molecule has 0 aliphatic carbocycles. The number of nitrogens with zero attached hydrogens (tertiary/aromatic N) is 7. The highest BCUT2D eigenvalue weighted by atomic mass is 16.5. The fourth-order valence-electron chi connectivity index (χ4n) is 6.89. The summed E-state index contributed by atoms with van der Waals surface area (Å²) in [4.78, 5) is 36.8. The van der Waals surface area contributed by atoms with E-state index in [4.69, 9.17) is 19.4 Å². The van der Waals surface area contributed by atoms with Crippen LogP contribution in [0.3, 0.4) is 0 Å². The summed E-state index contributed by atoms with van der Waals surface area (Å²) in [5.74, 6) is 3.46. The highest BCUT2D eigenvalue weighted by Crippen LogP contribution is 2.36. The van der Waals surface area contributed by atoms with Gasteiger partial charge in [0.1, 0.15) is 17.5 Å². The quantitative estimate of drug-likeness (QED) is 0.425. The minimum atomic E-state index is -0.323. The van der Waals surface area contributed by atoms with Crippen molar-refractivity contribution in [2.75, 3.05) is 84.9 Å². The molecule has 0 radical (unpaired) electrons. The van der Waals surface area contributed by atoms with E-state index >= 15 is 0 Å². The SMILES string of the molecule is CC1CN(c2cc(N3C4CCC3COC4)nc(-c3ccc(NC(=O)Nc4ccc(N5CCN(C)CC5)nc4)cc3)n2)CC(C)O1. The van der Waals surface area contributed by atoms with Crippen molar-refractivity contribution in [3.8, 4) is 11.4 Å². The van der Waals surface area contributed by atoms with Gasteiger partial charge in [-0.15, -0.1) is 0 Å². The van der Waals surface area contributed by atoms with Crippen molar-refractivity contribution in [2.24, 2.45) is 0 Å². The zero-order chi connectivity index (χ0) is 30.9. The molecule has 2 amide bonds. The third kappa shape index (κ3) is 6.68. The van der Waals surface area contributed by atoms with Gasteiger partial charge in [-0.1, -0.05) is 0 Å². The third-order valence-electron chi connectivity index (χ3n) is 9.18. The lowest BCUT2D eigenvalue weighted by Crippen LogP contribution is -2.47. The van der Waals surface area contributed by atoms with E-state index < -0.39 is 0 Å². The normalized spacial score (nSPS) is 25.4. The first-order valence-corrected chi connectivity index (χ1v) is 16.1. The van der Waals surface area contributed by atoms with Crippen molar-refractivity contribution >= 4 is 34.9 Å². The van der Waals surface area contributed by atoms with E-state index in [2.05, 4.69) is 62.2 Å². The molecule has 3 aromatic rings. The molecule has 12 heteroatoms. The Balaban J connectivity index is 1.05. The predicted octanol–water partition coefficient (Wildman–Crippen LogP) is 3.92. The predicted molar refractivity (Wildman–Crippen MR) is 176 cm³/mol. The topological polar surface area (TPSA) is 111 Å². The molecule has 1 aromatic carbocycles. The second kappa shape index (κ2) is 12.8. The Morgan fingerprint density at radius 3 is 2.11 bits per heavy atom. The van der Waals surface area contributed by atoms with Gasteiger partial charge in [0.05, 0.1) is 49.4 Å². The van der Waals surface area contributed by atoms with Crippen LogP contribution in [0.1, 0.15) is 26.7 Å². The Labute approximate surface area is 264 Å². The first kappa shape index (κ1) is 29.7. The van der Waals surface area contributed by atoms with Crippen LogP contribution in [-0.2, 0) is 9.47 Å². The molecule has 0 spiro atoms. The number of likely N-dealkylation sites (N-methyl/N-ethyl adjacent to an activating group) is 1. The molecule has 2 aromatic heterocycles. The Morgan fingerprint density at radius 2 is 1.44 bits per heavy atom. The molecule has 238 valence electrons. The molecule has 45 heavy (non-hydrogen) atoms. The van der Waals surface area contributed by atoms with Crippen molar-refractivity contribution in [3.63, 3.8) is 0 Å². The molecule has 4 aliphatic heterocycles. The van der Waals surface area contributed by atoms with E-state index in [1.54, 1.807) is 6.20 Å². The zero-order valence-electron chi connectivity index (χ0n) is 26.4. The number of piperazine rings is 1. The lowest BCUT2D eigenvalue weighted by Gasteiger charge is -2.38. The maximum Gasteiger partial charge on any atom is 0.323 e. The van der Waals surface area contributed by atoms with Crippen LogP contribution < -0.4 is 25.3 Å². The maximum atomic E-state index is 12.8. The van der Waals surface area contributed by atoms with Gasteiger partial charge in [-0.3, -0.25) is 0 Å². The van der Waals surface area contributed by atoms with Gasteiger partial charge >= 0.3 is 6.03 Å². The van der Waals surface area contributed by atoms with Gasteiger partial charge in [-0.2, -0.15) is 0 Å². The fraction of sp³-hybridized carbons (Fsp3) is 0.515. The number of urea groups is 1. The lowest BCUT2D eigenvalue weighted by atomic mass is 10.1. The molecular formula is C33H43N9O3. The molecule has 4 aliphatic rings. The summed E-state index contributed by atoms with van der Waals surface area (Å²) in [6.07, 6.45) is 4.18. The van der Waals surface area contributed by atoms with Gasteiger partial charge in [0.15, 0.2) is 5.82 Å². The summed E-state index contributed by atoms with van der Waals surface area (Å²) in [6, 6.07) is 14.0. The molecule has 4 fully saturated rings. The number of fused-ring (bicyclic) bond motifs is 2. The molecule has 7 rings (SSSR count). The summed E-state index contributed by atoms with van der Waals surface area (Å²) in [5.41, 5.74) is 2.21. The molecule has 2 bridgehead atoms. The molecule has 0 saturated carbocycles. The smallest absolute Gasteiger partial charge is 0.323 e. The summed E-state index contributed by atoms with van der Waals surface area (Å²) < 4.78 is 11.9. The van der Waals surface area contributed by atoms with Gasteiger partial charge in [-0.25, -0.2) is 19.7 Å². The number of hydrogen-bond acceptors (Lipinski definition) is 10. The van der Waals surface area contributed by atoms with Crippen LogP contribution in [0.5, 0.6) is 0 Å². The van der Waals surface area contributed by atoms with Gasteiger partial charge in [0.25, 0.3) is 0 Å². The molecule has 6 heterocycles. The van der Waals surface area contributed by atoms with Gasteiger partial charge in [0.2, 0.25) is 0 Å². The Kier molecular flexibility index (Phi) is 8.43. The summed E-state index contributed by atoms with van der Waals surface area (Å²) >= 11 is 0. The number of carbonyl (C=O) groups excluding carboxylic acids is 1. The van der Waals surface area contributed by atoms with Crippen LogP contribution in [0.4, 0.5) is 33.6 Å². The van der Waals surface area contributed by atoms with Crippen molar-refractivity contribution in [3.05, 3.63) is 48.7 Å². The van der Waals surface area contributed by atoms with Crippen LogP contribution in [0, 0.1) is 0 Å². The second-order valence-electron chi connectivity index (χ2n) is 12.8. The monoisotopic (exact) mass is 613 g/mol. The van der Waals surface area contributed by atoms with E-state index in [0.717, 1.165) is 88.3 Å². The average molecular weight is 614 g/mol. The number of anilines is 5. The minimum Gasteiger partial charge on any atom is -0.377 e. The third-order valence-corrected chi connectivity index (χ3v) is 9.18. The van der Waals surface area contributed by atoms with Crippen molar-refractivity contribution in [1.29, 1.82) is 0 Å². The first-order chi connectivity index (χ1) is 21.9. The number of morpholine rings is 2. The summed E-state index contributed by atoms with van der Waals surface area (Å²) in [7, 11) is 2.13. The van der Waals surface area contributed by atoms with Gasteiger partial charge in [0, 0.05) is 56.6 Å². The highest BCUT2D eigenvalue weighted by molar-refractivity contribution is 5.99. The number of benzene rings is 1. The number of aromatic nitrogens is 3. The van der Waals surface area contributed by atoms with Crippen LogP contribution in [-0.4, -0.2) is 110 Å². The van der Waals surface area contributed by atoms with Crippen LogP contribution in [0.2, 0.25) is 0 Å². The number of hydrogen-bond donors (Lipinski definition) is 2. The van der Waals surface area contributed by atoms with E-state index in [1.807, 2.05) is 36.4 Å². The number of amides is 2. The number of rotatable bonds is 6. The highest BCUT2D eigenvalue weighted by Gasteiger charge is 2.39. The molecule has 4 saturated heterocycles. The van der Waals surface area contributed by atoms with Crippen LogP contribution in [0.25, 0.3) is 11.4 Å². The zero-order valence-corrected chi connectivity index (χ0v) is 26.4. The summed E-state index contributed by atoms with van der Waals surface area (Å²) in [6.45, 7) is 11.2. The second-order valence-corrected chi connectivity index (χ2v) is 12.8. The molecular weight excluding hydrogens is 570 g/mol. The average Bonchev–Trinajstić information content (AvgIpc) is 3.29. The molecule has 4 unspecified atom stereocenters. The van der Waals surface area contributed by atoms with Gasteiger partial charge in [-0.05, 0) is 70.1 Å². The van der Waals surface area contributed by atoms with E-state index in [1.165, 1.54) is 0 Å². The largest absolute Gasteiger partial charge is 0.377 e.